The molecule has 0 saturated heterocycles. The van der Waals surface area contributed by atoms with Crippen LogP contribution in [0.25, 0.3) is 0 Å². The lowest BCUT2D eigenvalue weighted by Gasteiger charge is -2.33. The van der Waals surface area contributed by atoms with Crippen molar-refractivity contribution in [1.29, 1.82) is 0 Å². The first kappa shape index (κ1) is 26.9. The molecule has 5 aromatic rings. The van der Waals surface area contributed by atoms with Crippen molar-refractivity contribution in [3.8, 4) is 23.0 Å². The van der Waals surface area contributed by atoms with Crippen LogP contribution in [-0.2, 0) is 23.7 Å². The molecule has 0 heterocycles. The van der Waals surface area contributed by atoms with E-state index in [-0.39, 0.29) is 23.0 Å². The molecule has 0 radical (unpaired) electrons. The molecule has 0 saturated carbocycles. The zero-order chi connectivity index (χ0) is 28.3. The Morgan fingerprint density at radius 3 is 0.900 bits per heavy atom. The molecule has 0 aliphatic carbocycles. The molecule has 4 heteroatoms. The highest BCUT2D eigenvalue weighted by atomic mass is 16.3. The summed E-state index contributed by atoms with van der Waals surface area (Å²) in [6.07, 6.45) is 1.43. The summed E-state index contributed by atoms with van der Waals surface area (Å²) in [5.41, 5.74) is 5.80. The SMILES string of the molecule is CC(Cc1cccc(CC(C)(c2ccc(O)cc2)c2ccc(O)cc2)c1)(c1ccc(O)cc1)c1ccc(O)cc1. The highest BCUT2D eigenvalue weighted by Gasteiger charge is 2.32. The van der Waals surface area contributed by atoms with E-state index in [1.54, 1.807) is 48.5 Å². The smallest absolute Gasteiger partial charge is 0.115 e. The van der Waals surface area contributed by atoms with Gasteiger partial charge in [-0.2, -0.15) is 0 Å². The summed E-state index contributed by atoms with van der Waals surface area (Å²) in [4.78, 5) is 0. The number of rotatable bonds is 8. The van der Waals surface area contributed by atoms with E-state index in [4.69, 9.17) is 0 Å². The predicted molar refractivity (Wildman–Crippen MR) is 159 cm³/mol. The van der Waals surface area contributed by atoms with E-state index in [9.17, 15) is 20.4 Å². The molecule has 5 aromatic carbocycles. The lowest BCUT2D eigenvalue weighted by Crippen LogP contribution is -2.28. The largest absolute Gasteiger partial charge is 0.508 e. The molecule has 202 valence electrons. The second kappa shape index (κ2) is 10.8. The van der Waals surface area contributed by atoms with E-state index in [0.29, 0.717) is 12.8 Å². The van der Waals surface area contributed by atoms with Gasteiger partial charge < -0.3 is 20.4 Å². The van der Waals surface area contributed by atoms with E-state index in [2.05, 4.69) is 38.1 Å². The molecule has 5 rings (SSSR count). The van der Waals surface area contributed by atoms with Gasteiger partial charge in [0.15, 0.2) is 0 Å². The van der Waals surface area contributed by atoms with Gasteiger partial charge in [-0.15, -0.1) is 0 Å². The van der Waals surface area contributed by atoms with Gasteiger partial charge in [0.25, 0.3) is 0 Å². The number of aromatic hydroxyl groups is 4. The first-order chi connectivity index (χ1) is 19.2. The standard InChI is InChI=1S/C36H34O4/c1-35(27-6-14-31(37)15-7-27,28-8-16-32(38)17-9-28)23-25-4-3-5-26(22-25)24-36(2,29-10-18-33(39)19-11-29)30-12-20-34(40)21-13-30/h3-22,37-40H,23-24H2,1-2H3. The van der Waals surface area contributed by atoms with Crippen LogP contribution in [0.4, 0.5) is 0 Å². The van der Waals surface area contributed by atoms with Crippen molar-refractivity contribution in [1.82, 2.24) is 0 Å². The van der Waals surface area contributed by atoms with Gasteiger partial charge in [0.1, 0.15) is 23.0 Å². The molecule has 0 aliphatic heterocycles. The third-order valence-electron chi connectivity index (χ3n) is 8.12. The van der Waals surface area contributed by atoms with E-state index in [0.717, 1.165) is 22.3 Å². The van der Waals surface area contributed by atoms with Gasteiger partial charge in [-0.1, -0.05) is 86.6 Å². The molecule has 0 atom stereocenters. The number of phenols is 4. The van der Waals surface area contributed by atoms with Gasteiger partial charge in [0.2, 0.25) is 0 Å². The zero-order valence-electron chi connectivity index (χ0n) is 22.8. The third kappa shape index (κ3) is 5.52. The fourth-order valence-electron chi connectivity index (χ4n) is 5.72. The van der Waals surface area contributed by atoms with Crippen LogP contribution in [-0.4, -0.2) is 20.4 Å². The van der Waals surface area contributed by atoms with E-state index in [1.165, 1.54) is 11.1 Å². The first-order valence-corrected chi connectivity index (χ1v) is 13.4. The van der Waals surface area contributed by atoms with Gasteiger partial charge in [0, 0.05) is 10.8 Å². The highest BCUT2D eigenvalue weighted by Crippen LogP contribution is 2.39. The quantitative estimate of drug-likeness (QED) is 0.166. The normalized spacial score (nSPS) is 11.8. The minimum Gasteiger partial charge on any atom is -0.508 e. The summed E-state index contributed by atoms with van der Waals surface area (Å²) >= 11 is 0. The molecule has 0 aromatic heterocycles. The Bertz CT molecular complexity index is 1360. The second-order valence-corrected chi connectivity index (χ2v) is 11.0. The Hall–Kier alpha value is -4.70. The molecule has 0 unspecified atom stereocenters. The highest BCUT2D eigenvalue weighted by molar-refractivity contribution is 5.47. The van der Waals surface area contributed by atoms with Crippen LogP contribution < -0.4 is 0 Å². The molecule has 0 spiro atoms. The summed E-state index contributed by atoms with van der Waals surface area (Å²) in [5.74, 6) is 0.895. The van der Waals surface area contributed by atoms with Crippen molar-refractivity contribution in [2.75, 3.05) is 0 Å². The Kier molecular flexibility index (Phi) is 7.27. The fraction of sp³-hybridized carbons (Fsp3) is 0.167. The van der Waals surface area contributed by atoms with Gasteiger partial charge in [-0.25, -0.2) is 0 Å². The zero-order valence-corrected chi connectivity index (χ0v) is 22.8. The van der Waals surface area contributed by atoms with Crippen molar-refractivity contribution in [3.05, 3.63) is 155 Å². The van der Waals surface area contributed by atoms with Crippen molar-refractivity contribution >= 4 is 0 Å². The fourth-order valence-corrected chi connectivity index (χ4v) is 5.72. The van der Waals surface area contributed by atoms with Gasteiger partial charge in [-0.3, -0.25) is 0 Å². The summed E-state index contributed by atoms with van der Waals surface area (Å²) < 4.78 is 0. The number of hydrogen-bond acceptors (Lipinski definition) is 4. The Morgan fingerprint density at radius 1 is 0.400 bits per heavy atom. The van der Waals surface area contributed by atoms with Crippen molar-refractivity contribution in [2.45, 2.75) is 37.5 Å². The van der Waals surface area contributed by atoms with Crippen LogP contribution in [0.3, 0.4) is 0 Å². The minimum absolute atomic E-state index is 0.224. The predicted octanol–water partition coefficient (Wildman–Crippen LogP) is 7.61. The molecule has 0 aliphatic rings. The van der Waals surface area contributed by atoms with E-state index in [1.807, 2.05) is 48.5 Å². The lowest BCUT2D eigenvalue weighted by atomic mass is 9.70. The molecule has 0 amide bonds. The summed E-state index contributed by atoms with van der Waals surface area (Å²) in [7, 11) is 0. The van der Waals surface area contributed by atoms with E-state index >= 15 is 0 Å². The number of benzene rings is 5. The van der Waals surface area contributed by atoms with Crippen LogP contribution in [0.15, 0.2) is 121 Å². The second-order valence-electron chi connectivity index (χ2n) is 11.0. The van der Waals surface area contributed by atoms with Crippen LogP contribution in [0.2, 0.25) is 0 Å². The maximum atomic E-state index is 9.92. The Morgan fingerprint density at radius 2 is 0.650 bits per heavy atom. The van der Waals surface area contributed by atoms with Crippen LogP contribution in [0, 0.1) is 0 Å². The average molecular weight is 531 g/mol. The molecule has 0 fully saturated rings. The molecule has 40 heavy (non-hydrogen) atoms. The van der Waals surface area contributed by atoms with E-state index < -0.39 is 10.8 Å². The maximum Gasteiger partial charge on any atom is 0.115 e. The van der Waals surface area contributed by atoms with Gasteiger partial charge in [0.05, 0.1) is 0 Å². The molecule has 4 nitrogen and oxygen atoms in total. The first-order valence-electron chi connectivity index (χ1n) is 13.4. The molecule has 0 bridgehead atoms. The summed E-state index contributed by atoms with van der Waals surface area (Å²) in [6.45, 7) is 4.38. The number of hydrogen-bond donors (Lipinski definition) is 4. The van der Waals surface area contributed by atoms with Crippen molar-refractivity contribution in [2.24, 2.45) is 0 Å². The van der Waals surface area contributed by atoms with Gasteiger partial charge in [-0.05, 0) is 94.8 Å². The summed E-state index contributed by atoms with van der Waals surface area (Å²) in [6, 6.07) is 38.0. The monoisotopic (exact) mass is 530 g/mol. The Labute approximate surface area is 235 Å². The lowest BCUT2D eigenvalue weighted by molar-refractivity contribution is 0.472. The average Bonchev–Trinajstić information content (AvgIpc) is 2.94. The topological polar surface area (TPSA) is 80.9 Å². The van der Waals surface area contributed by atoms with Crippen molar-refractivity contribution in [3.63, 3.8) is 0 Å². The van der Waals surface area contributed by atoms with Gasteiger partial charge >= 0.3 is 0 Å². The van der Waals surface area contributed by atoms with Crippen LogP contribution >= 0.6 is 0 Å². The summed E-state index contributed by atoms with van der Waals surface area (Å²) in [5, 5.41) is 39.7. The van der Waals surface area contributed by atoms with Crippen LogP contribution in [0.1, 0.15) is 47.2 Å². The maximum absolute atomic E-state index is 9.92. The minimum atomic E-state index is -0.406. The third-order valence-corrected chi connectivity index (χ3v) is 8.12. The van der Waals surface area contributed by atoms with Crippen LogP contribution in [0.5, 0.6) is 23.0 Å². The number of phenolic OH excluding ortho intramolecular Hbond substituents is 4. The van der Waals surface area contributed by atoms with Crippen molar-refractivity contribution < 1.29 is 20.4 Å². The molecule has 4 N–H and O–H groups in total. The molecular weight excluding hydrogens is 496 g/mol. The Balaban J connectivity index is 1.53. The molecular formula is C36H34O4.